The molecule has 0 saturated heterocycles. The molecular weight excluding hydrogens is 390 g/mol. The smallest absolute Gasteiger partial charge is 0.226 e. The first-order valence-corrected chi connectivity index (χ1v) is 11.0. The number of hydrogen-bond acceptors (Lipinski definition) is 8. The van der Waals surface area contributed by atoms with Crippen LogP contribution in [0.5, 0.6) is 5.88 Å². The summed E-state index contributed by atoms with van der Waals surface area (Å²) in [4.78, 5) is 9.63. The standard InChI is InChI=1S/C23H31N7O/c1-14-11-17(15-9-10-18(30-24)19(12-15)25-2)21-20(13-26-14)28-23(29-22(21)31-3)27-16-7-5-4-6-8-16/h9-12,14,16,24-26H,4-8,13H2,1-3H3,(H,27,28,29)/t14-/m1/s1. The Morgan fingerprint density at radius 1 is 1.19 bits per heavy atom. The maximum Gasteiger partial charge on any atom is 0.226 e. The highest BCUT2D eigenvalue weighted by Crippen LogP contribution is 2.38. The fraction of sp³-hybridized carbons (Fsp3) is 0.478. The predicted molar refractivity (Wildman–Crippen MR) is 123 cm³/mol. The number of rotatable bonds is 6. The van der Waals surface area contributed by atoms with Crippen molar-refractivity contribution in [3.8, 4) is 5.88 Å². The zero-order chi connectivity index (χ0) is 21.8. The Labute approximate surface area is 183 Å². The van der Waals surface area contributed by atoms with Gasteiger partial charge in [0, 0.05) is 25.7 Å². The van der Waals surface area contributed by atoms with Crippen LogP contribution in [0.2, 0.25) is 0 Å². The van der Waals surface area contributed by atoms with Crippen LogP contribution >= 0.6 is 0 Å². The summed E-state index contributed by atoms with van der Waals surface area (Å²) in [7, 11) is 3.49. The van der Waals surface area contributed by atoms with E-state index >= 15 is 0 Å². The Kier molecular flexibility index (Phi) is 6.46. The minimum absolute atomic E-state index is 0.155. The van der Waals surface area contributed by atoms with E-state index in [1.54, 1.807) is 7.11 Å². The van der Waals surface area contributed by atoms with Crippen LogP contribution in [-0.4, -0.2) is 36.2 Å². The fourth-order valence-corrected chi connectivity index (χ4v) is 4.42. The number of ether oxygens (including phenoxy) is 1. The van der Waals surface area contributed by atoms with E-state index in [2.05, 4.69) is 34.1 Å². The van der Waals surface area contributed by atoms with Gasteiger partial charge in [0.25, 0.3) is 0 Å². The van der Waals surface area contributed by atoms with Crippen LogP contribution in [0.15, 0.2) is 29.4 Å². The number of hydrogen-bond donors (Lipinski definition) is 4. The lowest BCUT2D eigenvalue weighted by molar-refractivity contribution is 0.394. The summed E-state index contributed by atoms with van der Waals surface area (Å²) < 4.78 is 5.76. The zero-order valence-corrected chi connectivity index (χ0v) is 18.5. The highest BCUT2D eigenvalue weighted by atomic mass is 16.5. The summed E-state index contributed by atoms with van der Waals surface area (Å²) in [6.07, 6.45) is 8.30. The second-order valence-corrected chi connectivity index (χ2v) is 8.20. The molecule has 2 aliphatic rings. The molecule has 0 radical (unpaired) electrons. The first-order valence-electron chi connectivity index (χ1n) is 11.0. The third-order valence-electron chi connectivity index (χ3n) is 6.06. The largest absolute Gasteiger partial charge is 0.480 e. The van der Waals surface area contributed by atoms with Gasteiger partial charge in [-0.3, -0.25) is 0 Å². The summed E-state index contributed by atoms with van der Waals surface area (Å²) in [5.74, 6) is 1.21. The molecule has 164 valence electrons. The van der Waals surface area contributed by atoms with E-state index in [-0.39, 0.29) is 6.04 Å². The molecule has 1 atom stereocenters. The maximum atomic E-state index is 7.39. The summed E-state index contributed by atoms with van der Waals surface area (Å²) >= 11 is 0. The molecular formula is C23H31N7O. The number of nitrogens with one attached hydrogen (secondary N) is 4. The minimum Gasteiger partial charge on any atom is -0.480 e. The lowest BCUT2D eigenvalue weighted by Gasteiger charge is -2.24. The van der Waals surface area contributed by atoms with Gasteiger partial charge >= 0.3 is 0 Å². The van der Waals surface area contributed by atoms with Gasteiger partial charge in [-0.05, 0) is 43.0 Å². The Morgan fingerprint density at radius 2 is 2.00 bits per heavy atom. The quantitative estimate of drug-likeness (QED) is 0.496. The Hall–Kier alpha value is -3.00. The molecule has 1 aromatic carbocycles. The molecule has 8 nitrogen and oxygen atoms in total. The number of anilines is 2. The first kappa shape index (κ1) is 21.2. The second-order valence-electron chi connectivity index (χ2n) is 8.20. The molecule has 4 rings (SSSR count). The van der Waals surface area contributed by atoms with Crippen molar-refractivity contribution in [3.05, 3.63) is 41.1 Å². The monoisotopic (exact) mass is 421 g/mol. The number of fused-ring (bicyclic) bond motifs is 1. The van der Waals surface area contributed by atoms with Crippen molar-refractivity contribution in [1.29, 1.82) is 5.53 Å². The highest BCUT2D eigenvalue weighted by molar-refractivity contribution is 5.87. The van der Waals surface area contributed by atoms with Gasteiger partial charge in [-0.25, -0.2) is 10.5 Å². The van der Waals surface area contributed by atoms with Crippen LogP contribution in [0.1, 0.15) is 55.8 Å². The summed E-state index contributed by atoms with van der Waals surface area (Å²) in [6.45, 7) is 2.76. The van der Waals surface area contributed by atoms with Gasteiger partial charge in [-0.1, -0.05) is 31.4 Å². The molecule has 1 aliphatic carbocycles. The second kappa shape index (κ2) is 9.43. The normalized spacial score (nSPS) is 19.1. The Balaban J connectivity index is 1.77. The molecule has 0 unspecified atom stereocenters. The molecule has 1 aromatic heterocycles. The minimum atomic E-state index is 0.155. The highest BCUT2D eigenvalue weighted by Gasteiger charge is 2.25. The summed E-state index contributed by atoms with van der Waals surface area (Å²) in [5, 5.41) is 13.8. The van der Waals surface area contributed by atoms with E-state index in [1.165, 1.54) is 19.3 Å². The predicted octanol–water partition coefficient (Wildman–Crippen LogP) is 4.86. The summed E-state index contributed by atoms with van der Waals surface area (Å²) in [5.41, 5.74) is 12.6. The number of nitrogens with zero attached hydrogens (tertiary/aromatic N) is 3. The van der Waals surface area contributed by atoms with Crippen molar-refractivity contribution in [1.82, 2.24) is 15.3 Å². The van der Waals surface area contributed by atoms with Crippen molar-refractivity contribution in [2.75, 3.05) is 24.8 Å². The van der Waals surface area contributed by atoms with E-state index in [0.29, 0.717) is 30.1 Å². The van der Waals surface area contributed by atoms with Crippen LogP contribution in [-0.2, 0) is 6.54 Å². The molecule has 8 heteroatoms. The Bertz CT molecular complexity index is 982. The topological polar surface area (TPSA) is 107 Å². The zero-order valence-electron chi connectivity index (χ0n) is 18.5. The molecule has 2 aromatic rings. The van der Waals surface area contributed by atoms with Gasteiger partial charge in [0.15, 0.2) is 0 Å². The van der Waals surface area contributed by atoms with E-state index in [1.807, 2.05) is 25.2 Å². The SMILES string of the molecule is CNc1cc(C2=C[C@@H](C)NCc3nc(NC4CCCCC4)nc(OC)c32)ccc1N=N. The first-order chi connectivity index (χ1) is 15.1. The van der Waals surface area contributed by atoms with E-state index in [9.17, 15) is 0 Å². The number of aromatic nitrogens is 2. The van der Waals surface area contributed by atoms with Crippen LogP contribution in [0, 0.1) is 5.53 Å². The van der Waals surface area contributed by atoms with Crippen LogP contribution in [0.4, 0.5) is 17.3 Å². The molecule has 0 spiro atoms. The molecule has 1 fully saturated rings. The number of methoxy groups -OCH3 is 1. The molecule has 0 amide bonds. The number of benzene rings is 1. The van der Waals surface area contributed by atoms with E-state index in [0.717, 1.165) is 40.9 Å². The van der Waals surface area contributed by atoms with Crippen molar-refractivity contribution in [2.24, 2.45) is 5.11 Å². The average Bonchev–Trinajstić information content (AvgIpc) is 2.97. The molecule has 0 bridgehead atoms. The molecule has 1 saturated carbocycles. The van der Waals surface area contributed by atoms with Crippen LogP contribution in [0.25, 0.3) is 5.57 Å². The van der Waals surface area contributed by atoms with Gasteiger partial charge < -0.3 is 20.7 Å². The summed E-state index contributed by atoms with van der Waals surface area (Å²) in [6, 6.07) is 6.42. The van der Waals surface area contributed by atoms with Gasteiger partial charge in [0.2, 0.25) is 11.8 Å². The molecule has 1 aliphatic heterocycles. The molecule has 31 heavy (non-hydrogen) atoms. The van der Waals surface area contributed by atoms with Crippen molar-refractivity contribution in [3.63, 3.8) is 0 Å². The van der Waals surface area contributed by atoms with Crippen molar-refractivity contribution >= 4 is 22.9 Å². The van der Waals surface area contributed by atoms with Gasteiger partial charge in [0.1, 0.15) is 5.69 Å². The lowest BCUT2D eigenvalue weighted by atomic mass is 9.95. The van der Waals surface area contributed by atoms with E-state index < -0.39 is 0 Å². The van der Waals surface area contributed by atoms with Gasteiger partial charge in [0.05, 0.1) is 24.1 Å². The fourth-order valence-electron chi connectivity index (χ4n) is 4.42. The lowest BCUT2D eigenvalue weighted by Crippen LogP contribution is -2.25. The van der Waals surface area contributed by atoms with Crippen molar-refractivity contribution < 1.29 is 4.74 Å². The van der Waals surface area contributed by atoms with Crippen LogP contribution < -0.4 is 20.7 Å². The Morgan fingerprint density at radius 3 is 2.71 bits per heavy atom. The third kappa shape index (κ3) is 4.54. The average molecular weight is 422 g/mol. The van der Waals surface area contributed by atoms with Crippen molar-refractivity contribution in [2.45, 2.75) is 57.7 Å². The van der Waals surface area contributed by atoms with Crippen LogP contribution in [0.3, 0.4) is 0 Å². The van der Waals surface area contributed by atoms with Gasteiger partial charge in [-0.15, -0.1) is 0 Å². The maximum absolute atomic E-state index is 7.39. The van der Waals surface area contributed by atoms with E-state index in [4.69, 9.17) is 20.2 Å². The molecule has 2 heterocycles. The molecule has 4 N–H and O–H groups in total. The third-order valence-corrected chi connectivity index (χ3v) is 6.06. The van der Waals surface area contributed by atoms with Gasteiger partial charge in [-0.2, -0.15) is 10.1 Å².